The Labute approximate surface area is 204 Å². The molecule has 9 heteroatoms. The van der Waals surface area contributed by atoms with Gasteiger partial charge in [0.15, 0.2) is 0 Å². The van der Waals surface area contributed by atoms with E-state index in [0.29, 0.717) is 22.7 Å². The second kappa shape index (κ2) is 9.36. The van der Waals surface area contributed by atoms with Gasteiger partial charge in [-0.3, -0.25) is 14.3 Å². The van der Waals surface area contributed by atoms with Gasteiger partial charge in [-0.1, -0.05) is 37.1 Å². The van der Waals surface area contributed by atoms with E-state index < -0.39 is 11.4 Å². The van der Waals surface area contributed by atoms with Crippen LogP contribution in [-0.2, 0) is 28.1 Å². The predicted molar refractivity (Wildman–Crippen MR) is 128 cm³/mol. The summed E-state index contributed by atoms with van der Waals surface area (Å²) in [7, 11) is 0. The predicted octanol–water partition coefficient (Wildman–Crippen LogP) is 4.52. The molecule has 0 saturated heterocycles. The number of aryl methyl sites for hydroxylation is 1. The highest BCUT2D eigenvalue weighted by Crippen LogP contribution is 2.41. The molecule has 184 valence electrons. The van der Waals surface area contributed by atoms with E-state index in [-0.39, 0.29) is 30.4 Å². The summed E-state index contributed by atoms with van der Waals surface area (Å²) in [5.41, 5.74) is 1.61. The molecule has 8 nitrogen and oxygen atoms in total. The second-order valence-corrected chi connectivity index (χ2v) is 10.0. The summed E-state index contributed by atoms with van der Waals surface area (Å²) in [6.45, 7) is 4.67. The maximum Gasteiger partial charge on any atom is 0.272 e. The molecule has 3 heterocycles. The van der Waals surface area contributed by atoms with Crippen LogP contribution in [0.15, 0.2) is 46.5 Å². The second-order valence-electron chi connectivity index (χ2n) is 10.0. The summed E-state index contributed by atoms with van der Waals surface area (Å²) in [5.74, 6) is -0.585. The molecule has 35 heavy (non-hydrogen) atoms. The highest BCUT2D eigenvalue weighted by molar-refractivity contribution is 6.06. The van der Waals surface area contributed by atoms with Gasteiger partial charge in [0.25, 0.3) is 11.8 Å². The van der Waals surface area contributed by atoms with Crippen LogP contribution in [-0.4, -0.2) is 33.1 Å². The fourth-order valence-electron chi connectivity index (χ4n) is 4.90. The standard InChI is InChI=1S/C26H31FN6O2/c1-3-4-5-6-17-9-10-20(21(27)13-17)26(2)14-19(22-11-12-32(30-22)16-18-7-8-18)24(25(35)29-26)33-23(34)15-28-31-33/h9-13,18H,3-8,14-16H2,1-2H3,(H,29,35). The zero-order valence-corrected chi connectivity index (χ0v) is 20.3. The summed E-state index contributed by atoms with van der Waals surface area (Å²) in [4.78, 5) is 25.8. The monoisotopic (exact) mass is 478 g/mol. The number of hydrogen-bond donors (Lipinski definition) is 1. The number of aromatic nitrogens is 2. The molecule has 2 aliphatic heterocycles. The molecule has 1 atom stereocenters. The highest BCUT2D eigenvalue weighted by atomic mass is 19.1. The number of benzene rings is 1. The minimum absolute atomic E-state index is 0.106. The number of carbonyl (C=O) groups is 2. The van der Waals surface area contributed by atoms with E-state index in [1.54, 1.807) is 12.1 Å². The molecule has 1 fully saturated rings. The summed E-state index contributed by atoms with van der Waals surface area (Å²) >= 11 is 0. The van der Waals surface area contributed by atoms with Gasteiger partial charge in [-0.05, 0) is 56.2 Å². The van der Waals surface area contributed by atoms with Crippen molar-refractivity contribution in [3.05, 3.63) is 58.8 Å². The van der Waals surface area contributed by atoms with E-state index in [4.69, 9.17) is 5.10 Å². The Hall–Kier alpha value is -3.36. The number of amides is 2. The van der Waals surface area contributed by atoms with Crippen molar-refractivity contribution in [1.29, 1.82) is 0 Å². The molecule has 2 amide bonds. The third-order valence-corrected chi connectivity index (χ3v) is 7.02. The Morgan fingerprint density at radius 2 is 2.03 bits per heavy atom. The quantitative estimate of drug-likeness (QED) is 0.537. The minimum Gasteiger partial charge on any atom is -0.341 e. The van der Waals surface area contributed by atoms with Crippen molar-refractivity contribution in [1.82, 2.24) is 20.1 Å². The number of unbranched alkanes of at least 4 members (excludes halogenated alkanes) is 2. The van der Waals surface area contributed by atoms with Crippen LogP contribution in [0.5, 0.6) is 0 Å². The lowest BCUT2D eigenvalue weighted by molar-refractivity contribution is -0.130. The SMILES string of the molecule is CCCCCc1ccc(C2(C)CC(c3ccn(CC4CC4)n3)=C(N3N=NCC3=O)C(=O)N2)c(F)c1. The first-order chi connectivity index (χ1) is 16.9. The normalized spacial score (nSPS) is 22.3. The van der Waals surface area contributed by atoms with Gasteiger partial charge in [-0.15, -0.1) is 0 Å². The Bertz CT molecular complexity index is 1210. The average molecular weight is 479 g/mol. The van der Waals surface area contributed by atoms with Gasteiger partial charge in [0.1, 0.15) is 18.1 Å². The average Bonchev–Trinajstić information content (AvgIpc) is 3.33. The first-order valence-electron chi connectivity index (χ1n) is 12.5. The molecule has 3 aliphatic rings. The van der Waals surface area contributed by atoms with Crippen molar-refractivity contribution in [3.63, 3.8) is 0 Å². The summed E-state index contributed by atoms with van der Waals surface area (Å²) in [6, 6.07) is 7.13. The molecule has 0 spiro atoms. The van der Waals surface area contributed by atoms with Crippen molar-refractivity contribution < 1.29 is 14.0 Å². The van der Waals surface area contributed by atoms with Gasteiger partial charge in [-0.2, -0.15) is 15.2 Å². The lowest BCUT2D eigenvalue weighted by Crippen LogP contribution is -2.51. The molecule has 1 unspecified atom stereocenters. The van der Waals surface area contributed by atoms with Crippen LogP contribution >= 0.6 is 0 Å². The highest BCUT2D eigenvalue weighted by Gasteiger charge is 2.43. The number of hydrogen-bond acceptors (Lipinski definition) is 5. The largest absolute Gasteiger partial charge is 0.341 e. The van der Waals surface area contributed by atoms with Gasteiger partial charge >= 0.3 is 0 Å². The van der Waals surface area contributed by atoms with E-state index in [1.807, 2.05) is 29.9 Å². The number of rotatable bonds is 9. The fourth-order valence-corrected chi connectivity index (χ4v) is 4.90. The maximum absolute atomic E-state index is 15.4. The number of carbonyl (C=O) groups excluding carboxylic acids is 2. The summed E-state index contributed by atoms with van der Waals surface area (Å²) in [6.07, 6.45) is 8.60. The molecule has 0 radical (unpaired) electrons. The lowest BCUT2D eigenvalue weighted by Gasteiger charge is -2.38. The summed E-state index contributed by atoms with van der Waals surface area (Å²) < 4.78 is 17.3. The Morgan fingerprint density at radius 1 is 1.20 bits per heavy atom. The van der Waals surface area contributed by atoms with E-state index in [9.17, 15) is 9.59 Å². The number of nitrogens with one attached hydrogen (secondary N) is 1. The van der Waals surface area contributed by atoms with Gasteiger partial charge in [0.05, 0.1) is 11.2 Å². The minimum atomic E-state index is -1.01. The number of halogens is 1. The molecule has 1 saturated carbocycles. The van der Waals surface area contributed by atoms with Gasteiger partial charge in [0.2, 0.25) is 0 Å². The van der Waals surface area contributed by atoms with Gasteiger partial charge in [-0.25, -0.2) is 4.39 Å². The van der Waals surface area contributed by atoms with Crippen LogP contribution in [0.4, 0.5) is 4.39 Å². The van der Waals surface area contributed by atoms with E-state index in [0.717, 1.165) is 42.8 Å². The molecule has 1 aromatic carbocycles. The van der Waals surface area contributed by atoms with Gasteiger partial charge < -0.3 is 5.32 Å². The van der Waals surface area contributed by atoms with E-state index in [1.165, 1.54) is 12.8 Å². The third kappa shape index (κ3) is 4.76. The van der Waals surface area contributed by atoms with Crippen LogP contribution < -0.4 is 5.32 Å². The van der Waals surface area contributed by atoms with Crippen LogP contribution in [0.1, 0.15) is 69.2 Å². The van der Waals surface area contributed by atoms with Crippen molar-refractivity contribution in [2.24, 2.45) is 16.3 Å². The topological polar surface area (TPSA) is 92.0 Å². The van der Waals surface area contributed by atoms with Crippen LogP contribution in [0.3, 0.4) is 0 Å². The number of nitrogens with zero attached hydrogens (tertiary/aromatic N) is 5. The molecule has 1 aliphatic carbocycles. The maximum atomic E-state index is 15.4. The molecular formula is C26H31FN6O2. The smallest absolute Gasteiger partial charge is 0.272 e. The van der Waals surface area contributed by atoms with Crippen LogP contribution in [0, 0.1) is 11.7 Å². The van der Waals surface area contributed by atoms with Crippen molar-refractivity contribution in [2.45, 2.75) is 70.9 Å². The lowest BCUT2D eigenvalue weighted by atomic mass is 9.80. The molecule has 5 rings (SSSR count). The first kappa shape index (κ1) is 23.4. The Morgan fingerprint density at radius 3 is 2.71 bits per heavy atom. The Balaban J connectivity index is 1.50. The van der Waals surface area contributed by atoms with Crippen molar-refractivity contribution in [2.75, 3.05) is 6.54 Å². The van der Waals surface area contributed by atoms with Crippen LogP contribution in [0.25, 0.3) is 5.57 Å². The van der Waals surface area contributed by atoms with Gasteiger partial charge in [0, 0.05) is 30.3 Å². The zero-order valence-electron chi connectivity index (χ0n) is 20.3. The molecule has 1 aromatic heterocycles. The fraction of sp³-hybridized carbons (Fsp3) is 0.500. The molecular weight excluding hydrogens is 447 g/mol. The first-order valence-corrected chi connectivity index (χ1v) is 12.5. The molecule has 1 N–H and O–H groups in total. The van der Waals surface area contributed by atoms with Crippen LogP contribution in [0.2, 0.25) is 0 Å². The Kier molecular flexibility index (Phi) is 6.25. The third-order valence-electron chi connectivity index (χ3n) is 7.02. The zero-order chi connectivity index (χ0) is 24.6. The molecule has 0 bridgehead atoms. The van der Waals surface area contributed by atoms with E-state index >= 15 is 4.39 Å². The van der Waals surface area contributed by atoms with E-state index in [2.05, 4.69) is 22.6 Å². The summed E-state index contributed by atoms with van der Waals surface area (Å²) in [5, 5.41) is 16.4. The van der Waals surface area contributed by atoms with Crippen molar-refractivity contribution in [3.8, 4) is 0 Å². The van der Waals surface area contributed by atoms with Crippen molar-refractivity contribution >= 4 is 17.4 Å². The molecule has 2 aromatic rings.